The number of imide groups is 1. The zero-order valence-corrected chi connectivity index (χ0v) is 20.1. The first-order valence-corrected chi connectivity index (χ1v) is 13.3. The van der Waals surface area contributed by atoms with Gasteiger partial charge in [-0.05, 0) is 73.5 Å². The first-order valence-electron chi connectivity index (χ1n) is 11.8. The van der Waals surface area contributed by atoms with Crippen LogP contribution >= 0.6 is 0 Å². The first-order chi connectivity index (χ1) is 16.9. The number of carbonyl (C=O) groups is 2. The SMILES string of the molecule is O=C1c2ccccc2C(=O)N1Cc1ccc(S(=O)(=O)Nc2ccc(CN3CCCCC3)cc2)cc1. The second kappa shape index (κ2) is 9.64. The molecule has 5 rings (SSSR count). The maximum absolute atomic E-state index is 12.9. The molecule has 7 nitrogen and oxygen atoms in total. The Hall–Kier alpha value is -3.49. The highest BCUT2D eigenvalue weighted by atomic mass is 32.2. The highest BCUT2D eigenvalue weighted by Gasteiger charge is 2.35. The van der Waals surface area contributed by atoms with Gasteiger partial charge in [-0.25, -0.2) is 8.42 Å². The lowest BCUT2D eigenvalue weighted by Gasteiger charge is -2.26. The Kier molecular flexibility index (Phi) is 6.40. The maximum Gasteiger partial charge on any atom is 0.261 e. The van der Waals surface area contributed by atoms with Crippen LogP contribution in [0.5, 0.6) is 0 Å². The van der Waals surface area contributed by atoms with Crippen molar-refractivity contribution in [2.45, 2.75) is 37.2 Å². The summed E-state index contributed by atoms with van der Waals surface area (Å²) in [6.45, 7) is 3.18. The van der Waals surface area contributed by atoms with Crippen LogP contribution in [-0.2, 0) is 23.1 Å². The van der Waals surface area contributed by atoms with Crippen LogP contribution in [-0.4, -0.2) is 43.1 Å². The van der Waals surface area contributed by atoms with Crippen LogP contribution in [0.15, 0.2) is 77.7 Å². The van der Waals surface area contributed by atoms with Crippen molar-refractivity contribution in [1.82, 2.24) is 9.80 Å². The van der Waals surface area contributed by atoms with Crippen molar-refractivity contribution in [2.75, 3.05) is 17.8 Å². The topological polar surface area (TPSA) is 86.8 Å². The normalized spacial score (nSPS) is 16.4. The molecule has 0 radical (unpaired) electrons. The first kappa shape index (κ1) is 23.3. The van der Waals surface area contributed by atoms with Gasteiger partial charge in [0.15, 0.2) is 0 Å². The standard InChI is InChI=1S/C27H27N3O4S/c31-26-24-6-2-3-7-25(24)27(32)30(26)19-21-10-14-23(15-11-21)35(33,34)28-22-12-8-20(9-13-22)18-29-16-4-1-5-17-29/h2-3,6-15,28H,1,4-5,16-19H2. The van der Waals surface area contributed by atoms with Gasteiger partial charge < -0.3 is 0 Å². The number of sulfonamides is 1. The molecule has 35 heavy (non-hydrogen) atoms. The summed E-state index contributed by atoms with van der Waals surface area (Å²) in [6.07, 6.45) is 3.75. The Morgan fingerprint density at radius 1 is 0.686 bits per heavy atom. The molecule has 1 saturated heterocycles. The van der Waals surface area contributed by atoms with Gasteiger partial charge >= 0.3 is 0 Å². The Morgan fingerprint density at radius 3 is 1.83 bits per heavy atom. The molecular weight excluding hydrogens is 462 g/mol. The monoisotopic (exact) mass is 489 g/mol. The molecule has 8 heteroatoms. The second-order valence-corrected chi connectivity index (χ2v) is 10.7. The number of carbonyl (C=O) groups excluding carboxylic acids is 2. The van der Waals surface area contributed by atoms with Gasteiger partial charge in [0, 0.05) is 12.2 Å². The Morgan fingerprint density at radius 2 is 1.23 bits per heavy atom. The van der Waals surface area contributed by atoms with Crippen molar-refractivity contribution in [3.8, 4) is 0 Å². The number of hydrogen-bond acceptors (Lipinski definition) is 5. The Labute approximate surface area is 205 Å². The molecule has 0 saturated carbocycles. The molecule has 1 N–H and O–H groups in total. The minimum absolute atomic E-state index is 0.0819. The van der Waals surface area contributed by atoms with E-state index in [1.54, 1.807) is 48.5 Å². The zero-order valence-electron chi connectivity index (χ0n) is 19.3. The van der Waals surface area contributed by atoms with Crippen LogP contribution in [0.2, 0.25) is 0 Å². The minimum atomic E-state index is -3.77. The van der Waals surface area contributed by atoms with E-state index in [9.17, 15) is 18.0 Å². The summed E-state index contributed by atoms with van der Waals surface area (Å²) < 4.78 is 28.4. The van der Waals surface area contributed by atoms with Crippen LogP contribution in [0.1, 0.15) is 51.1 Å². The van der Waals surface area contributed by atoms with Crippen LogP contribution in [0.3, 0.4) is 0 Å². The van der Waals surface area contributed by atoms with Crippen LogP contribution in [0.25, 0.3) is 0 Å². The minimum Gasteiger partial charge on any atom is -0.299 e. The number of nitrogens with one attached hydrogen (secondary N) is 1. The van der Waals surface area contributed by atoms with Gasteiger partial charge in [-0.2, -0.15) is 0 Å². The van der Waals surface area contributed by atoms with Crippen LogP contribution in [0.4, 0.5) is 5.69 Å². The van der Waals surface area contributed by atoms with Crippen molar-refractivity contribution in [2.24, 2.45) is 0 Å². The molecule has 1 fully saturated rings. The van der Waals surface area contributed by atoms with E-state index in [1.807, 2.05) is 12.1 Å². The fourth-order valence-electron chi connectivity index (χ4n) is 4.61. The smallest absolute Gasteiger partial charge is 0.261 e. The predicted molar refractivity (Wildman–Crippen MR) is 133 cm³/mol. The molecule has 0 atom stereocenters. The highest BCUT2D eigenvalue weighted by Crippen LogP contribution is 2.25. The van der Waals surface area contributed by atoms with Gasteiger partial charge in [0.2, 0.25) is 0 Å². The van der Waals surface area contributed by atoms with Gasteiger partial charge in [-0.1, -0.05) is 42.8 Å². The third-order valence-corrected chi connectivity index (χ3v) is 7.91. The third-order valence-electron chi connectivity index (χ3n) is 6.51. The average Bonchev–Trinajstić information content (AvgIpc) is 3.11. The number of likely N-dealkylation sites (tertiary alicyclic amines) is 1. The molecule has 3 aromatic rings. The van der Waals surface area contributed by atoms with E-state index < -0.39 is 10.0 Å². The Bertz CT molecular complexity index is 1310. The van der Waals surface area contributed by atoms with E-state index in [0.717, 1.165) is 25.2 Å². The van der Waals surface area contributed by atoms with Gasteiger partial charge in [0.25, 0.3) is 21.8 Å². The van der Waals surface area contributed by atoms with Crippen LogP contribution in [0, 0.1) is 0 Å². The molecule has 2 amide bonds. The largest absolute Gasteiger partial charge is 0.299 e. The van der Waals surface area contributed by atoms with E-state index in [2.05, 4.69) is 9.62 Å². The van der Waals surface area contributed by atoms with E-state index in [-0.39, 0.29) is 23.3 Å². The lowest BCUT2D eigenvalue weighted by molar-refractivity contribution is 0.0642. The number of benzene rings is 3. The molecule has 180 valence electrons. The number of nitrogens with zero attached hydrogens (tertiary/aromatic N) is 2. The summed E-state index contributed by atoms with van der Waals surface area (Å²) in [6, 6.07) is 20.4. The van der Waals surface area contributed by atoms with Crippen LogP contribution < -0.4 is 4.72 Å². The van der Waals surface area contributed by atoms with Crippen molar-refractivity contribution < 1.29 is 18.0 Å². The van der Waals surface area contributed by atoms with Crippen molar-refractivity contribution in [1.29, 1.82) is 0 Å². The lowest BCUT2D eigenvalue weighted by Crippen LogP contribution is -2.29. The zero-order chi connectivity index (χ0) is 24.4. The van der Waals surface area contributed by atoms with E-state index >= 15 is 0 Å². The molecule has 2 heterocycles. The summed E-state index contributed by atoms with van der Waals surface area (Å²) in [7, 11) is -3.77. The average molecular weight is 490 g/mol. The molecule has 0 unspecified atom stereocenters. The molecular formula is C27H27N3O4S. The number of fused-ring (bicyclic) bond motifs is 1. The molecule has 0 bridgehead atoms. The molecule has 3 aromatic carbocycles. The number of piperidine rings is 1. The molecule has 0 aliphatic carbocycles. The fraction of sp³-hybridized carbons (Fsp3) is 0.259. The highest BCUT2D eigenvalue weighted by molar-refractivity contribution is 7.92. The number of hydrogen-bond donors (Lipinski definition) is 1. The number of rotatable bonds is 7. The molecule has 0 aromatic heterocycles. The summed E-state index contributed by atoms with van der Waals surface area (Å²) in [4.78, 5) is 28.9. The maximum atomic E-state index is 12.9. The summed E-state index contributed by atoms with van der Waals surface area (Å²) in [5.74, 6) is -0.680. The molecule has 2 aliphatic rings. The fourth-order valence-corrected chi connectivity index (χ4v) is 5.67. The third kappa shape index (κ3) is 4.99. The number of amides is 2. The Balaban J connectivity index is 1.22. The van der Waals surface area contributed by atoms with Crippen molar-refractivity contribution in [3.63, 3.8) is 0 Å². The van der Waals surface area contributed by atoms with E-state index in [0.29, 0.717) is 22.4 Å². The number of anilines is 1. The summed E-state index contributed by atoms with van der Waals surface area (Å²) in [5, 5.41) is 0. The van der Waals surface area contributed by atoms with Crippen molar-refractivity contribution in [3.05, 3.63) is 95.1 Å². The van der Waals surface area contributed by atoms with Gasteiger partial charge in [-0.3, -0.25) is 24.1 Å². The molecule has 0 spiro atoms. The predicted octanol–water partition coefficient (Wildman–Crippen LogP) is 4.27. The second-order valence-electron chi connectivity index (χ2n) is 9.03. The van der Waals surface area contributed by atoms with Gasteiger partial charge in [-0.15, -0.1) is 0 Å². The van der Waals surface area contributed by atoms with Gasteiger partial charge in [0.1, 0.15) is 0 Å². The van der Waals surface area contributed by atoms with Gasteiger partial charge in [0.05, 0.1) is 22.6 Å². The quantitative estimate of drug-likeness (QED) is 0.501. The summed E-state index contributed by atoms with van der Waals surface area (Å²) >= 11 is 0. The summed E-state index contributed by atoms with van der Waals surface area (Å²) in [5.41, 5.74) is 3.11. The van der Waals surface area contributed by atoms with Crippen molar-refractivity contribution >= 4 is 27.5 Å². The van der Waals surface area contributed by atoms with E-state index in [4.69, 9.17) is 0 Å². The molecule has 2 aliphatic heterocycles. The van der Waals surface area contributed by atoms with E-state index in [1.165, 1.54) is 36.3 Å². The lowest BCUT2D eigenvalue weighted by atomic mass is 10.1.